The van der Waals surface area contributed by atoms with Gasteiger partial charge in [-0.1, -0.05) is 0 Å². The molecule has 84 valence electrons. The molecule has 0 aliphatic heterocycles. The highest BCUT2D eigenvalue weighted by Crippen LogP contribution is 2.21. The molecule has 0 radical (unpaired) electrons. The fraction of sp³-hybridized carbons (Fsp3) is 0.273. The SMILES string of the molecule is Cc1cc(C)c(C)c(-n2ncc(N)c2N)n1. The number of hydrogen-bond acceptors (Lipinski definition) is 4. The van der Waals surface area contributed by atoms with E-state index in [1.54, 1.807) is 4.68 Å². The average Bonchev–Trinajstić information content (AvgIpc) is 2.54. The van der Waals surface area contributed by atoms with Gasteiger partial charge in [-0.3, -0.25) is 0 Å². The molecule has 0 amide bonds. The van der Waals surface area contributed by atoms with Crippen LogP contribution in [0.2, 0.25) is 0 Å². The van der Waals surface area contributed by atoms with Crippen LogP contribution in [0.3, 0.4) is 0 Å². The maximum atomic E-state index is 5.84. The van der Waals surface area contributed by atoms with Crippen molar-refractivity contribution in [2.75, 3.05) is 11.5 Å². The maximum absolute atomic E-state index is 5.84. The van der Waals surface area contributed by atoms with Crippen LogP contribution in [0.25, 0.3) is 5.82 Å². The zero-order valence-corrected chi connectivity index (χ0v) is 9.65. The zero-order valence-electron chi connectivity index (χ0n) is 9.65. The smallest absolute Gasteiger partial charge is 0.159 e. The van der Waals surface area contributed by atoms with Crippen molar-refractivity contribution in [2.45, 2.75) is 20.8 Å². The van der Waals surface area contributed by atoms with Gasteiger partial charge >= 0.3 is 0 Å². The number of nitrogens with zero attached hydrogens (tertiary/aromatic N) is 3. The maximum Gasteiger partial charge on any atom is 0.159 e. The number of rotatable bonds is 1. The third-order valence-corrected chi connectivity index (χ3v) is 2.67. The van der Waals surface area contributed by atoms with E-state index in [-0.39, 0.29) is 0 Å². The molecule has 0 saturated carbocycles. The lowest BCUT2D eigenvalue weighted by Crippen LogP contribution is -2.08. The van der Waals surface area contributed by atoms with Crippen molar-refractivity contribution >= 4 is 11.5 Å². The van der Waals surface area contributed by atoms with Crippen molar-refractivity contribution in [2.24, 2.45) is 0 Å². The van der Waals surface area contributed by atoms with E-state index >= 15 is 0 Å². The lowest BCUT2D eigenvalue weighted by Gasteiger charge is -2.10. The normalized spacial score (nSPS) is 10.7. The van der Waals surface area contributed by atoms with Crippen LogP contribution in [0, 0.1) is 20.8 Å². The zero-order chi connectivity index (χ0) is 11.9. The van der Waals surface area contributed by atoms with Crippen molar-refractivity contribution in [3.63, 3.8) is 0 Å². The Hall–Kier alpha value is -2.04. The Kier molecular flexibility index (Phi) is 2.30. The summed E-state index contributed by atoms with van der Waals surface area (Å²) < 4.78 is 1.57. The van der Waals surface area contributed by atoms with Crippen molar-refractivity contribution in [3.8, 4) is 5.82 Å². The molecule has 0 aliphatic rings. The van der Waals surface area contributed by atoms with Gasteiger partial charge in [-0.25, -0.2) is 4.98 Å². The monoisotopic (exact) mass is 217 g/mol. The number of hydrogen-bond donors (Lipinski definition) is 2. The number of aryl methyl sites for hydroxylation is 2. The summed E-state index contributed by atoms with van der Waals surface area (Å²) in [5.74, 6) is 1.17. The highest BCUT2D eigenvalue weighted by Gasteiger charge is 2.11. The molecule has 5 heteroatoms. The van der Waals surface area contributed by atoms with E-state index in [4.69, 9.17) is 11.5 Å². The van der Waals surface area contributed by atoms with Crippen molar-refractivity contribution in [3.05, 3.63) is 29.1 Å². The second kappa shape index (κ2) is 3.52. The minimum absolute atomic E-state index is 0.431. The van der Waals surface area contributed by atoms with E-state index in [1.807, 2.05) is 26.8 Å². The molecule has 0 spiro atoms. The molecule has 16 heavy (non-hydrogen) atoms. The Morgan fingerprint density at radius 1 is 1.19 bits per heavy atom. The average molecular weight is 217 g/mol. The Balaban J connectivity index is 2.69. The Morgan fingerprint density at radius 3 is 2.44 bits per heavy atom. The fourth-order valence-corrected chi connectivity index (χ4v) is 1.63. The van der Waals surface area contributed by atoms with Crippen LogP contribution in [0.4, 0.5) is 11.5 Å². The first-order valence-electron chi connectivity index (χ1n) is 5.05. The van der Waals surface area contributed by atoms with Crippen LogP contribution < -0.4 is 11.5 Å². The topological polar surface area (TPSA) is 82.8 Å². The van der Waals surface area contributed by atoms with Gasteiger partial charge in [-0.05, 0) is 38.0 Å². The summed E-state index contributed by atoms with van der Waals surface area (Å²) in [6.45, 7) is 5.98. The first-order valence-corrected chi connectivity index (χ1v) is 5.05. The second-order valence-corrected chi connectivity index (χ2v) is 3.93. The third kappa shape index (κ3) is 1.50. The first kappa shape index (κ1) is 10.5. The highest BCUT2D eigenvalue weighted by atomic mass is 15.3. The molecule has 0 atom stereocenters. The molecule has 2 heterocycles. The van der Waals surface area contributed by atoms with Crippen LogP contribution in [-0.2, 0) is 0 Å². The van der Waals surface area contributed by atoms with Gasteiger partial charge < -0.3 is 11.5 Å². The van der Waals surface area contributed by atoms with E-state index in [2.05, 4.69) is 10.1 Å². The minimum Gasteiger partial charge on any atom is -0.394 e. The highest BCUT2D eigenvalue weighted by molar-refractivity contribution is 5.60. The number of nitrogens with two attached hydrogens (primary N) is 2. The molecular weight excluding hydrogens is 202 g/mol. The Labute approximate surface area is 94.1 Å². The van der Waals surface area contributed by atoms with Crippen LogP contribution in [-0.4, -0.2) is 14.8 Å². The number of pyridine rings is 1. The molecule has 0 aliphatic carbocycles. The molecule has 0 saturated heterocycles. The van der Waals surface area contributed by atoms with Crippen LogP contribution >= 0.6 is 0 Å². The summed E-state index contributed by atoms with van der Waals surface area (Å²) in [6.07, 6.45) is 1.54. The van der Waals surface area contributed by atoms with Gasteiger partial charge in [0.25, 0.3) is 0 Å². The Bertz CT molecular complexity index is 542. The number of aromatic nitrogens is 3. The van der Waals surface area contributed by atoms with Crippen LogP contribution in [0.15, 0.2) is 12.3 Å². The molecule has 2 aromatic rings. The summed E-state index contributed by atoms with van der Waals surface area (Å²) in [5, 5.41) is 4.13. The lowest BCUT2D eigenvalue weighted by atomic mass is 10.1. The van der Waals surface area contributed by atoms with Crippen LogP contribution in [0.1, 0.15) is 16.8 Å². The minimum atomic E-state index is 0.431. The van der Waals surface area contributed by atoms with Crippen LogP contribution in [0.5, 0.6) is 0 Å². The van der Waals surface area contributed by atoms with Gasteiger partial charge in [0.1, 0.15) is 0 Å². The van der Waals surface area contributed by atoms with Gasteiger partial charge in [0.2, 0.25) is 0 Å². The molecule has 4 N–H and O–H groups in total. The summed E-state index contributed by atoms with van der Waals surface area (Å²) in [6, 6.07) is 2.03. The predicted octanol–water partition coefficient (Wildman–Crippen LogP) is 1.36. The largest absolute Gasteiger partial charge is 0.394 e. The van der Waals surface area contributed by atoms with E-state index in [0.717, 1.165) is 22.6 Å². The van der Waals surface area contributed by atoms with E-state index in [0.29, 0.717) is 11.5 Å². The lowest BCUT2D eigenvalue weighted by molar-refractivity contribution is 0.838. The molecule has 0 fully saturated rings. The molecule has 2 aromatic heterocycles. The number of anilines is 2. The van der Waals surface area contributed by atoms with Gasteiger partial charge in [-0.2, -0.15) is 9.78 Å². The predicted molar refractivity (Wildman–Crippen MR) is 64.4 cm³/mol. The number of nitrogen functional groups attached to an aromatic ring is 2. The van der Waals surface area contributed by atoms with Gasteiger partial charge in [0, 0.05) is 5.69 Å². The molecule has 0 aromatic carbocycles. The summed E-state index contributed by atoms with van der Waals surface area (Å²) in [5.41, 5.74) is 15.1. The summed E-state index contributed by atoms with van der Waals surface area (Å²) in [4.78, 5) is 4.44. The van der Waals surface area contributed by atoms with E-state index in [9.17, 15) is 0 Å². The molecular formula is C11H15N5. The molecule has 0 bridgehead atoms. The fourth-order valence-electron chi connectivity index (χ4n) is 1.63. The van der Waals surface area contributed by atoms with Gasteiger partial charge in [0.05, 0.1) is 11.9 Å². The molecule has 0 unspecified atom stereocenters. The quantitative estimate of drug-likeness (QED) is 0.755. The van der Waals surface area contributed by atoms with E-state index in [1.165, 1.54) is 6.20 Å². The Morgan fingerprint density at radius 2 is 1.88 bits per heavy atom. The summed E-state index contributed by atoms with van der Waals surface area (Å²) >= 11 is 0. The van der Waals surface area contributed by atoms with Crippen molar-refractivity contribution in [1.82, 2.24) is 14.8 Å². The van der Waals surface area contributed by atoms with Gasteiger partial charge in [-0.15, -0.1) is 0 Å². The summed E-state index contributed by atoms with van der Waals surface area (Å²) in [7, 11) is 0. The first-order chi connectivity index (χ1) is 7.50. The molecule has 2 rings (SSSR count). The third-order valence-electron chi connectivity index (χ3n) is 2.67. The standard InChI is InChI=1S/C11H15N5/c1-6-4-7(2)15-11(8(6)3)16-10(13)9(12)5-14-16/h4-5H,12-13H2,1-3H3. The van der Waals surface area contributed by atoms with Crippen molar-refractivity contribution < 1.29 is 0 Å². The second-order valence-electron chi connectivity index (χ2n) is 3.93. The van der Waals surface area contributed by atoms with E-state index < -0.39 is 0 Å². The van der Waals surface area contributed by atoms with Gasteiger partial charge in [0.15, 0.2) is 11.6 Å². The van der Waals surface area contributed by atoms with Crippen molar-refractivity contribution in [1.29, 1.82) is 0 Å². The molecule has 5 nitrogen and oxygen atoms in total.